The van der Waals surface area contributed by atoms with Gasteiger partial charge in [0, 0.05) is 0 Å². The van der Waals surface area contributed by atoms with Gasteiger partial charge in [-0.15, -0.1) is 6.58 Å². The molecule has 1 saturated heterocycles. The van der Waals surface area contributed by atoms with Gasteiger partial charge in [-0.25, -0.2) is 0 Å². The Balaban J connectivity index is 1.56. The molecule has 0 amide bonds. The lowest BCUT2D eigenvalue weighted by atomic mass is 9.84. The molecule has 2 aliphatic rings. The Hall–Kier alpha value is -2.06. The van der Waals surface area contributed by atoms with Crippen molar-refractivity contribution in [2.45, 2.75) is 69.5 Å². The van der Waals surface area contributed by atoms with Gasteiger partial charge in [0.05, 0.1) is 19.8 Å². The SMILES string of the molecule is C=CCO[C@@H]1[C@@H](O)[C@H](OCc2ccccc2)[C@H]2OC(C)(C)O[C@@H]2[C@H]1OCc1ccccc1. The van der Waals surface area contributed by atoms with Crippen LogP contribution in [0.5, 0.6) is 0 Å². The van der Waals surface area contributed by atoms with Gasteiger partial charge in [-0.3, -0.25) is 0 Å². The highest BCUT2D eigenvalue weighted by molar-refractivity contribution is 5.15. The van der Waals surface area contributed by atoms with Gasteiger partial charge in [-0.05, 0) is 25.0 Å². The van der Waals surface area contributed by atoms with E-state index in [1.165, 1.54) is 0 Å². The van der Waals surface area contributed by atoms with Crippen LogP contribution >= 0.6 is 0 Å². The monoisotopic (exact) mass is 440 g/mol. The number of ether oxygens (including phenoxy) is 5. The molecule has 0 radical (unpaired) electrons. The highest BCUT2D eigenvalue weighted by Gasteiger charge is 2.59. The Bertz CT molecular complexity index is 855. The summed E-state index contributed by atoms with van der Waals surface area (Å²) >= 11 is 0. The normalized spacial score (nSPS) is 31.2. The predicted octanol–water partition coefficient (Wildman–Crippen LogP) is 3.62. The second kappa shape index (κ2) is 10.3. The Labute approximate surface area is 189 Å². The molecule has 1 saturated carbocycles. The molecule has 0 aromatic heterocycles. The molecule has 0 bridgehead atoms. The van der Waals surface area contributed by atoms with Gasteiger partial charge >= 0.3 is 0 Å². The predicted molar refractivity (Wildman–Crippen MR) is 120 cm³/mol. The van der Waals surface area contributed by atoms with Gasteiger partial charge in [0.2, 0.25) is 0 Å². The number of fused-ring (bicyclic) bond motifs is 1. The van der Waals surface area contributed by atoms with Crippen molar-refractivity contribution in [3.05, 3.63) is 84.4 Å². The largest absolute Gasteiger partial charge is 0.387 e. The molecular weight excluding hydrogens is 408 g/mol. The van der Waals surface area contributed by atoms with Crippen LogP contribution in [0.3, 0.4) is 0 Å². The Kier molecular flexibility index (Phi) is 7.40. The minimum absolute atomic E-state index is 0.278. The first-order valence-electron chi connectivity index (χ1n) is 11.1. The fourth-order valence-corrected chi connectivity index (χ4v) is 4.38. The van der Waals surface area contributed by atoms with Crippen molar-refractivity contribution in [2.24, 2.45) is 0 Å². The summed E-state index contributed by atoms with van der Waals surface area (Å²) in [6.07, 6.45) is -2.07. The molecule has 6 heteroatoms. The van der Waals surface area contributed by atoms with Gasteiger partial charge in [0.1, 0.15) is 36.6 Å². The molecule has 4 rings (SSSR count). The van der Waals surface area contributed by atoms with Crippen LogP contribution in [0.4, 0.5) is 0 Å². The molecule has 2 aromatic carbocycles. The van der Waals surface area contributed by atoms with Crippen LogP contribution in [0, 0.1) is 0 Å². The molecular formula is C26H32O6. The maximum atomic E-state index is 11.3. The van der Waals surface area contributed by atoms with Crippen molar-refractivity contribution in [2.75, 3.05) is 6.61 Å². The molecule has 32 heavy (non-hydrogen) atoms. The van der Waals surface area contributed by atoms with Crippen LogP contribution < -0.4 is 0 Å². The van der Waals surface area contributed by atoms with E-state index in [2.05, 4.69) is 6.58 Å². The topological polar surface area (TPSA) is 66.4 Å². The van der Waals surface area contributed by atoms with Gasteiger partial charge in [0.15, 0.2) is 5.79 Å². The van der Waals surface area contributed by atoms with E-state index in [1.54, 1.807) is 6.08 Å². The number of aliphatic hydroxyl groups excluding tert-OH is 1. The summed E-state index contributed by atoms with van der Waals surface area (Å²) in [7, 11) is 0. The van der Waals surface area contributed by atoms with Crippen molar-refractivity contribution in [1.82, 2.24) is 0 Å². The van der Waals surface area contributed by atoms with Crippen LogP contribution in [-0.2, 0) is 36.9 Å². The molecule has 2 aromatic rings. The van der Waals surface area contributed by atoms with Crippen LogP contribution in [-0.4, -0.2) is 54.1 Å². The first kappa shape index (κ1) is 23.1. The summed E-state index contributed by atoms with van der Waals surface area (Å²) in [6.45, 7) is 8.45. The quantitative estimate of drug-likeness (QED) is 0.601. The van der Waals surface area contributed by atoms with Crippen molar-refractivity contribution in [3.63, 3.8) is 0 Å². The number of aliphatic hydroxyl groups is 1. The lowest BCUT2D eigenvalue weighted by Crippen LogP contribution is -2.64. The molecule has 6 atom stereocenters. The van der Waals surface area contributed by atoms with Crippen molar-refractivity contribution < 1.29 is 28.8 Å². The van der Waals surface area contributed by atoms with Crippen molar-refractivity contribution in [3.8, 4) is 0 Å². The number of rotatable bonds is 9. The van der Waals surface area contributed by atoms with E-state index in [0.29, 0.717) is 13.2 Å². The Morgan fingerprint density at radius 3 is 1.84 bits per heavy atom. The summed E-state index contributed by atoms with van der Waals surface area (Å²) in [5, 5.41) is 11.3. The second-order valence-corrected chi connectivity index (χ2v) is 8.66. The van der Waals surface area contributed by atoms with Crippen molar-refractivity contribution in [1.29, 1.82) is 0 Å². The Morgan fingerprint density at radius 2 is 1.31 bits per heavy atom. The van der Waals surface area contributed by atoms with E-state index >= 15 is 0 Å². The third kappa shape index (κ3) is 5.29. The Morgan fingerprint density at radius 1 is 0.812 bits per heavy atom. The maximum absolute atomic E-state index is 11.3. The summed E-state index contributed by atoms with van der Waals surface area (Å²) in [5.74, 6) is -0.828. The van der Waals surface area contributed by atoms with Crippen LogP contribution in [0.25, 0.3) is 0 Å². The fraction of sp³-hybridized carbons (Fsp3) is 0.462. The number of benzene rings is 2. The van der Waals surface area contributed by atoms with Gasteiger partial charge in [0.25, 0.3) is 0 Å². The fourth-order valence-electron chi connectivity index (χ4n) is 4.38. The highest BCUT2D eigenvalue weighted by Crippen LogP contribution is 2.41. The van der Waals surface area contributed by atoms with Gasteiger partial charge in [-0.2, -0.15) is 0 Å². The molecule has 172 valence electrons. The molecule has 0 unspecified atom stereocenters. The van der Waals surface area contributed by atoms with Crippen LogP contribution in [0.1, 0.15) is 25.0 Å². The zero-order valence-corrected chi connectivity index (χ0v) is 18.6. The van der Waals surface area contributed by atoms with E-state index in [1.807, 2.05) is 74.5 Å². The molecule has 1 heterocycles. The van der Waals surface area contributed by atoms with E-state index < -0.39 is 42.4 Å². The van der Waals surface area contributed by atoms with E-state index in [9.17, 15) is 5.11 Å². The summed E-state index contributed by atoms with van der Waals surface area (Å²) < 4.78 is 30.9. The number of hydrogen-bond acceptors (Lipinski definition) is 6. The van der Waals surface area contributed by atoms with Gasteiger partial charge < -0.3 is 28.8 Å². The standard InChI is InChI=1S/C26H32O6/c1-4-15-28-21-20(27)22(29-16-18-11-7-5-8-12-18)24-25(32-26(2,3)31-24)23(21)30-17-19-13-9-6-10-14-19/h4-14,20-25,27H,1,15-17H2,2-3H3/t20-,21-,22+,23+,24-,25-/m1/s1. The lowest BCUT2D eigenvalue weighted by Gasteiger charge is -2.44. The summed E-state index contributed by atoms with van der Waals surface area (Å²) in [5.41, 5.74) is 2.04. The first-order valence-corrected chi connectivity index (χ1v) is 11.1. The molecule has 2 fully saturated rings. The van der Waals surface area contributed by atoms with Crippen LogP contribution in [0.15, 0.2) is 73.3 Å². The third-order valence-corrected chi connectivity index (χ3v) is 5.79. The highest BCUT2D eigenvalue weighted by atomic mass is 16.8. The summed E-state index contributed by atoms with van der Waals surface area (Å²) in [4.78, 5) is 0. The molecule has 0 spiro atoms. The minimum Gasteiger partial charge on any atom is -0.387 e. The molecule has 1 N–H and O–H groups in total. The zero-order chi connectivity index (χ0) is 22.6. The van der Waals surface area contributed by atoms with E-state index in [0.717, 1.165) is 11.1 Å². The van der Waals surface area contributed by atoms with Crippen molar-refractivity contribution >= 4 is 0 Å². The van der Waals surface area contributed by atoms with Crippen LogP contribution in [0.2, 0.25) is 0 Å². The van der Waals surface area contributed by atoms with E-state index in [4.69, 9.17) is 23.7 Å². The first-order chi connectivity index (χ1) is 15.5. The second-order valence-electron chi connectivity index (χ2n) is 8.66. The average Bonchev–Trinajstić information content (AvgIpc) is 3.12. The zero-order valence-electron chi connectivity index (χ0n) is 18.6. The molecule has 1 aliphatic heterocycles. The van der Waals surface area contributed by atoms with Gasteiger partial charge in [-0.1, -0.05) is 66.7 Å². The van der Waals surface area contributed by atoms with E-state index in [-0.39, 0.29) is 6.61 Å². The molecule has 1 aliphatic carbocycles. The lowest BCUT2D eigenvalue weighted by molar-refractivity contribution is -0.233. The average molecular weight is 441 g/mol. The third-order valence-electron chi connectivity index (χ3n) is 5.79. The maximum Gasteiger partial charge on any atom is 0.164 e. The smallest absolute Gasteiger partial charge is 0.164 e. The molecule has 6 nitrogen and oxygen atoms in total. The summed E-state index contributed by atoms with van der Waals surface area (Å²) in [6, 6.07) is 19.7. The minimum atomic E-state index is -0.960. The number of hydrogen-bond donors (Lipinski definition) is 1.